The summed E-state index contributed by atoms with van der Waals surface area (Å²) in [5.74, 6) is 0. The van der Waals surface area contributed by atoms with Gasteiger partial charge < -0.3 is 9.73 Å². The fourth-order valence-electron chi connectivity index (χ4n) is 2.20. The molecule has 0 radical (unpaired) electrons. The van der Waals surface area contributed by atoms with Crippen LogP contribution < -0.4 is 5.32 Å². The molecule has 0 saturated carbocycles. The van der Waals surface area contributed by atoms with Gasteiger partial charge in [-0.2, -0.15) is 0 Å². The lowest BCUT2D eigenvalue weighted by Gasteiger charge is -2.06. The minimum Gasteiger partial charge on any atom is -0.444 e. The number of nitrogens with one attached hydrogen (secondary N) is 1. The Bertz CT molecular complexity index is 736. The Morgan fingerprint density at radius 1 is 0.900 bits per heavy atom. The van der Waals surface area contributed by atoms with E-state index in [1.54, 1.807) is 0 Å². The first-order valence-corrected chi connectivity index (χ1v) is 7.11. The van der Waals surface area contributed by atoms with Crippen molar-refractivity contribution in [3.63, 3.8) is 0 Å². The van der Waals surface area contributed by atoms with Gasteiger partial charge in [-0.25, -0.2) is 0 Å². The predicted molar refractivity (Wildman–Crippen MR) is 83.2 cm³/mol. The van der Waals surface area contributed by atoms with Crippen LogP contribution in [0.4, 0.5) is 0 Å². The highest BCUT2D eigenvalue weighted by Gasteiger charge is 2.11. The van der Waals surface area contributed by atoms with E-state index in [9.17, 15) is 0 Å². The van der Waals surface area contributed by atoms with Crippen molar-refractivity contribution >= 4 is 34.2 Å². The van der Waals surface area contributed by atoms with E-state index in [0.717, 1.165) is 27.1 Å². The number of hydrogen-bond donors (Lipinski definition) is 1. The molecule has 1 aromatic heterocycles. The van der Waals surface area contributed by atoms with Crippen LogP contribution in [-0.4, -0.2) is 0 Å². The van der Waals surface area contributed by atoms with Crippen LogP contribution in [0.15, 0.2) is 52.9 Å². The summed E-state index contributed by atoms with van der Waals surface area (Å²) in [6.45, 7) is 1.33. The molecule has 0 aliphatic rings. The van der Waals surface area contributed by atoms with Gasteiger partial charge in [0.05, 0.1) is 0 Å². The molecule has 0 aliphatic carbocycles. The van der Waals surface area contributed by atoms with Crippen LogP contribution in [-0.2, 0) is 13.1 Å². The average molecular weight is 306 g/mol. The van der Waals surface area contributed by atoms with Gasteiger partial charge in [0.1, 0.15) is 5.58 Å². The highest BCUT2D eigenvalue weighted by Crippen LogP contribution is 2.29. The van der Waals surface area contributed by atoms with Gasteiger partial charge in [-0.1, -0.05) is 48.0 Å². The van der Waals surface area contributed by atoms with Gasteiger partial charge in [0.2, 0.25) is 0 Å². The van der Waals surface area contributed by atoms with Crippen LogP contribution >= 0.6 is 23.2 Å². The Balaban J connectivity index is 1.74. The van der Waals surface area contributed by atoms with Gasteiger partial charge in [0, 0.05) is 29.1 Å². The molecule has 0 amide bonds. The summed E-state index contributed by atoms with van der Waals surface area (Å²) in [5, 5.41) is 5.60. The molecule has 2 nitrogen and oxygen atoms in total. The third kappa shape index (κ3) is 2.68. The average Bonchev–Trinajstić information content (AvgIpc) is 2.77. The van der Waals surface area contributed by atoms with Crippen molar-refractivity contribution in [1.82, 2.24) is 5.32 Å². The largest absolute Gasteiger partial charge is 0.444 e. The summed E-state index contributed by atoms with van der Waals surface area (Å²) in [6, 6.07) is 15.6. The van der Waals surface area contributed by atoms with Crippen molar-refractivity contribution in [2.45, 2.75) is 13.1 Å². The van der Waals surface area contributed by atoms with Crippen LogP contribution in [0.3, 0.4) is 0 Å². The zero-order valence-corrected chi connectivity index (χ0v) is 12.2. The van der Waals surface area contributed by atoms with Crippen molar-refractivity contribution in [1.29, 1.82) is 0 Å². The highest BCUT2D eigenvalue weighted by atomic mass is 35.5. The summed E-state index contributed by atoms with van der Waals surface area (Å²) in [4.78, 5) is 0. The zero-order valence-electron chi connectivity index (χ0n) is 10.7. The summed E-state index contributed by atoms with van der Waals surface area (Å²) in [5.41, 5.74) is 2.86. The third-order valence-electron chi connectivity index (χ3n) is 3.22. The number of rotatable bonds is 4. The van der Waals surface area contributed by atoms with E-state index in [0.29, 0.717) is 18.3 Å². The van der Waals surface area contributed by atoms with E-state index >= 15 is 0 Å². The molecule has 0 bridgehead atoms. The molecule has 0 unspecified atom stereocenters. The van der Waals surface area contributed by atoms with Crippen LogP contribution in [0.5, 0.6) is 0 Å². The van der Waals surface area contributed by atoms with Crippen LogP contribution in [0.25, 0.3) is 11.0 Å². The van der Waals surface area contributed by atoms with Gasteiger partial charge in [0.15, 0.2) is 5.22 Å². The van der Waals surface area contributed by atoms with Crippen LogP contribution in [0, 0.1) is 0 Å². The Hall–Kier alpha value is -1.48. The molecule has 1 N–H and O–H groups in total. The van der Waals surface area contributed by atoms with E-state index in [1.165, 1.54) is 0 Å². The lowest BCUT2D eigenvalue weighted by molar-refractivity contribution is 0.604. The van der Waals surface area contributed by atoms with Crippen molar-refractivity contribution in [3.8, 4) is 0 Å². The van der Waals surface area contributed by atoms with E-state index < -0.39 is 0 Å². The van der Waals surface area contributed by atoms with E-state index in [-0.39, 0.29) is 0 Å². The molecular weight excluding hydrogens is 293 g/mol. The minimum atomic E-state index is 0.442. The fraction of sp³-hybridized carbons (Fsp3) is 0.125. The van der Waals surface area contributed by atoms with Gasteiger partial charge in [-0.15, -0.1) is 0 Å². The van der Waals surface area contributed by atoms with Crippen molar-refractivity contribution in [3.05, 3.63) is 69.9 Å². The standard InChI is InChI=1S/C16H13Cl2NO/c17-14-7-3-1-5-11(14)9-19-10-13-12-6-2-4-8-15(12)20-16(13)18/h1-8,19H,9-10H2. The smallest absolute Gasteiger partial charge is 0.199 e. The Labute approximate surface area is 127 Å². The Morgan fingerprint density at radius 2 is 1.65 bits per heavy atom. The molecule has 0 fully saturated rings. The second-order valence-electron chi connectivity index (χ2n) is 4.55. The quantitative estimate of drug-likeness (QED) is 0.731. The molecule has 20 heavy (non-hydrogen) atoms. The fourth-order valence-corrected chi connectivity index (χ4v) is 2.65. The first-order chi connectivity index (χ1) is 9.75. The predicted octanol–water partition coefficient (Wildman–Crippen LogP) is 5.03. The first-order valence-electron chi connectivity index (χ1n) is 6.36. The minimum absolute atomic E-state index is 0.442. The Morgan fingerprint density at radius 3 is 2.50 bits per heavy atom. The molecule has 2 aromatic carbocycles. The van der Waals surface area contributed by atoms with Crippen molar-refractivity contribution in [2.75, 3.05) is 0 Å². The maximum atomic E-state index is 6.15. The van der Waals surface area contributed by atoms with Gasteiger partial charge >= 0.3 is 0 Å². The number of furan rings is 1. The topological polar surface area (TPSA) is 25.2 Å². The molecule has 4 heteroatoms. The summed E-state index contributed by atoms with van der Waals surface area (Å²) in [7, 11) is 0. The molecule has 0 aliphatic heterocycles. The lowest BCUT2D eigenvalue weighted by atomic mass is 10.1. The number of para-hydroxylation sites is 1. The Kier molecular flexibility index (Phi) is 3.97. The molecule has 102 valence electrons. The van der Waals surface area contributed by atoms with Gasteiger partial charge in [0.25, 0.3) is 0 Å². The molecule has 3 rings (SSSR count). The maximum absolute atomic E-state index is 6.15. The second kappa shape index (κ2) is 5.88. The monoisotopic (exact) mass is 305 g/mol. The zero-order chi connectivity index (χ0) is 13.9. The van der Waals surface area contributed by atoms with E-state index in [2.05, 4.69) is 5.32 Å². The summed E-state index contributed by atoms with van der Waals surface area (Å²) >= 11 is 12.3. The SMILES string of the molecule is Clc1ccccc1CNCc1c(Cl)oc2ccccc12. The number of fused-ring (bicyclic) bond motifs is 1. The van der Waals surface area contributed by atoms with Crippen molar-refractivity contribution < 1.29 is 4.42 Å². The molecule has 0 atom stereocenters. The summed E-state index contributed by atoms with van der Waals surface area (Å²) < 4.78 is 5.52. The molecule has 0 spiro atoms. The second-order valence-corrected chi connectivity index (χ2v) is 5.30. The number of hydrogen-bond acceptors (Lipinski definition) is 2. The van der Waals surface area contributed by atoms with Crippen LogP contribution in [0.2, 0.25) is 10.2 Å². The molecule has 3 aromatic rings. The first kappa shape index (κ1) is 13.5. The van der Waals surface area contributed by atoms with Gasteiger partial charge in [-0.05, 0) is 29.3 Å². The lowest BCUT2D eigenvalue weighted by Crippen LogP contribution is -2.12. The van der Waals surface area contributed by atoms with E-state index in [4.69, 9.17) is 27.6 Å². The van der Waals surface area contributed by atoms with E-state index in [1.807, 2.05) is 48.5 Å². The maximum Gasteiger partial charge on any atom is 0.199 e. The molecule has 1 heterocycles. The van der Waals surface area contributed by atoms with Gasteiger partial charge in [-0.3, -0.25) is 0 Å². The normalized spacial score (nSPS) is 11.1. The molecule has 0 saturated heterocycles. The van der Waals surface area contributed by atoms with Crippen LogP contribution in [0.1, 0.15) is 11.1 Å². The number of benzene rings is 2. The molecular formula is C16H13Cl2NO. The van der Waals surface area contributed by atoms with Crippen molar-refractivity contribution in [2.24, 2.45) is 0 Å². The summed E-state index contributed by atoms with van der Waals surface area (Å²) in [6.07, 6.45) is 0. The third-order valence-corrected chi connectivity index (χ3v) is 3.90. The highest BCUT2D eigenvalue weighted by molar-refractivity contribution is 6.31. The number of halogens is 2.